The minimum Gasteiger partial charge on any atom is -0.370 e. The van der Waals surface area contributed by atoms with E-state index in [0.29, 0.717) is 11.4 Å². The molecule has 1 saturated carbocycles. The SMILES string of the molecule is O=C(NCc1ccc(N2CCSCC2)cc1)c1ccc(NC(=O)C2CC2)s1. The summed E-state index contributed by atoms with van der Waals surface area (Å²) in [7, 11) is 0. The molecule has 4 rings (SSSR count). The van der Waals surface area contributed by atoms with Gasteiger partial charge in [-0.25, -0.2) is 0 Å². The lowest BCUT2D eigenvalue weighted by Gasteiger charge is -2.28. The Morgan fingerprint density at radius 3 is 2.48 bits per heavy atom. The summed E-state index contributed by atoms with van der Waals surface area (Å²) in [5, 5.41) is 6.58. The number of hydrogen-bond acceptors (Lipinski definition) is 5. The predicted octanol–water partition coefficient (Wildman–Crippen LogP) is 3.58. The maximum absolute atomic E-state index is 12.4. The van der Waals surface area contributed by atoms with Crippen molar-refractivity contribution in [3.8, 4) is 0 Å². The molecule has 1 aromatic heterocycles. The van der Waals surface area contributed by atoms with E-state index in [1.165, 1.54) is 28.5 Å². The van der Waals surface area contributed by atoms with Crippen LogP contribution in [0.5, 0.6) is 0 Å². The molecule has 2 heterocycles. The lowest BCUT2D eigenvalue weighted by Crippen LogP contribution is -2.32. The zero-order valence-corrected chi connectivity index (χ0v) is 16.7. The van der Waals surface area contributed by atoms with Crippen LogP contribution in [0, 0.1) is 5.92 Å². The van der Waals surface area contributed by atoms with Gasteiger partial charge in [0, 0.05) is 42.7 Å². The van der Waals surface area contributed by atoms with Crippen molar-refractivity contribution in [2.75, 3.05) is 34.8 Å². The number of nitrogens with zero attached hydrogens (tertiary/aromatic N) is 1. The fourth-order valence-electron chi connectivity index (χ4n) is 3.01. The van der Waals surface area contributed by atoms with Crippen molar-refractivity contribution in [2.45, 2.75) is 19.4 Å². The number of thiophene rings is 1. The van der Waals surface area contributed by atoms with E-state index < -0.39 is 0 Å². The van der Waals surface area contributed by atoms with Gasteiger partial charge in [-0.1, -0.05) is 12.1 Å². The molecule has 1 aliphatic heterocycles. The summed E-state index contributed by atoms with van der Waals surface area (Å²) >= 11 is 3.32. The van der Waals surface area contributed by atoms with Gasteiger partial charge in [0.15, 0.2) is 0 Å². The van der Waals surface area contributed by atoms with E-state index in [4.69, 9.17) is 0 Å². The molecular formula is C20H23N3O2S2. The number of rotatable bonds is 6. The summed E-state index contributed by atoms with van der Waals surface area (Å²) in [4.78, 5) is 27.2. The zero-order chi connectivity index (χ0) is 18.6. The Morgan fingerprint density at radius 1 is 1.04 bits per heavy atom. The molecule has 5 nitrogen and oxygen atoms in total. The Bertz CT molecular complexity index is 809. The van der Waals surface area contributed by atoms with Crippen LogP contribution in [-0.2, 0) is 11.3 Å². The number of carbonyl (C=O) groups excluding carboxylic acids is 2. The lowest BCUT2D eigenvalue weighted by molar-refractivity contribution is -0.117. The third kappa shape index (κ3) is 4.84. The molecule has 0 spiro atoms. The number of thioether (sulfide) groups is 1. The number of carbonyl (C=O) groups is 2. The lowest BCUT2D eigenvalue weighted by atomic mass is 10.2. The average molecular weight is 402 g/mol. The van der Waals surface area contributed by atoms with Crippen LogP contribution in [-0.4, -0.2) is 36.4 Å². The highest BCUT2D eigenvalue weighted by atomic mass is 32.2. The van der Waals surface area contributed by atoms with Crippen molar-refractivity contribution in [1.82, 2.24) is 5.32 Å². The molecule has 142 valence electrons. The summed E-state index contributed by atoms with van der Waals surface area (Å²) in [6.07, 6.45) is 1.94. The second kappa shape index (κ2) is 8.35. The van der Waals surface area contributed by atoms with Crippen LogP contribution in [0.15, 0.2) is 36.4 Å². The van der Waals surface area contributed by atoms with Crippen molar-refractivity contribution in [2.24, 2.45) is 5.92 Å². The smallest absolute Gasteiger partial charge is 0.261 e. The van der Waals surface area contributed by atoms with Gasteiger partial charge in [-0.05, 0) is 42.7 Å². The topological polar surface area (TPSA) is 61.4 Å². The Morgan fingerprint density at radius 2 is 1.78 bits per heavy atom. The van der Waals surface area contributed by atoms with Crippen LogP contribution in [0.4, 0.5) is 10.7 Å². The van der Waals surface area contributed by atoms with Gasteiger partial charge in [0.05, 0.1) is 9.88 Å². The van der Waals surface area contributed by atoms with Crippen molar-refractivity contribution < 1.29 is 9.59 Å². The Kier molecular flexibility index (Phi) is 5.69. The van der Waals surface area contributed by atoms with E-state index >= 15 is 0 Å². The molecular weight excluding hydrogens is 378 g/mol. The Hall–Kier alpha value is -1.99. The number of amides is 2. The maximum Gasteiger partial charge on any atom is 0.261 e. The molecule has 2 N–H and O–H groups in total. The molecule has 0 unspecified atom stereocenters. The fraction of sp³-hybridized carbons (Fsp3) is 0.400. The molecule has 0 atom stereocenters. The highest BCUT2D eigenvalue weighted by molar-refractivity contribution is 7.99. The first kappa shape index (κ1) is 18.4. The third-order valence-electron chi connectivity index (χ3n) is 4.79. The molecule has 2 fully saturated rings. The molecule has 2 aromatic rings. The third-order valence-corrected chi connectivity index (χ3v) is 6.73. The van der Waals surface area contributed by atoms with Gasteiger partial charge in [0.25, 0.3) is 5.91 Å². The Balaban J connectivity index is 1.28. The van der Waals surface area contributed by atoms with E-state index in [1.807, 2.05) is 11.8 Å². The van der Waals surface area contributed by atoms with E-state index in [-0.39, 0.29) is 17.7 Å². The first-order valence-electron chi connectivity index (χ1n) is 9.29. The van der Waals surface area contributed by atoms with Crippen LogP contribution < -0.4 is 15.5 Å². The molecule has 0 radical (unpaired) electrons. The molecule has 1 saturated heterocycles. The minimum absolute atomic E-state index is 0.0659. The second-order valence-electron chi connectivity index (χ2n) is 6.88. The molecule has 2 amide bonds. The van der Waals surface area contributed by atoms with Crippen molar-refractivity contribution in [1.29, 1.82) is 0 Å². The molecule has 0 bridgehead atoms. The first-order valence-corrected chi connectivity index (χ1v) is 11.3. The number of hydrogen-bond donors (Lipinski definition) is 2. The van der Waals surface area contributed by atoms with Gasteiger partial charge < -0.3 is 15.5 Å². The summed E-state index contributed by atoms with van der Waals surface area (Å²) in [6, 6.07) is 12.0. The van der Waals surface area contributed by atoms with Crippen LogP contribution in [0.2, 0.25) is 0 Å². The van der Waals surface area contributed by atoms with E-state index in [9.17, 15) is 9.59 Å². The van der Waals surface area contributed by atoms with Crippen LogP contribution in [0.25, 0.3) is 0 Å². The predicted molar refractivity (Wildman–Crippen MR) is 113 cm³/mol. The fourth-order valence-corrected chi connectivity index (χ4v) is 4.74. The largest absolute Gasteiger partial charge is 0.370 e. The summed E-state index contributed by atoms with van der Waals surface area (Å²) < 4.78 is 0. The molecule has 1 aliphatic carbocycles. The molecule has 2 aliphatic rings. The summed E-state index contributed by atoms with van der Waals surface area (Å²) in [6.45, 7) is 2.69. The monoisotopic (exact) mass is 401 g/mol. The van der Waals surface area contributed by atoms with Crippen LogP contribution >= 0.6 is 23.1 Å². The number of benzene rings is 1. The van der Waals surface area contributed by atoms with E-state index in [1.54, 1.807) is 12.1 Å². The molecule has 27 heavy (non-hydrogen) atoms. The van der Waals surface area contributed by atoms with E-state index in [0.717, 1.165) is 36.5 Å². The van der Waals surface area contributed by atoms with Gasteiger partial charge in [-0.3, -0.25) is 9.59 Å². The average Bonchev–Trinajstić information content (AvgIpc) is 3.47. The summed E-state index contributed by atoms with van der Waals surface area (Å²) in [5.41, 5.74) is 2.33. The highest BCUT2D eigenvalue weighted by Gasteiger charge is 2.29. The van der Waals surface area contributed by atoms with Gasteiger partial charge in [-0.15, -0.1) is 11.3 Å². The highest BCUT2D eigenvalue weighted by Crippen LogP contribution is 2.31. The van der Waals surface area contributed by atoms with Gasteiger partial charge in [0.2, 0.25) is 5.91 Å². The quantitative estimate of drug-likeness (QED) is 0.777. The van der Waals surface area contributed by atoms with Crippen molar-refractivity contribution in [3.05, 3.63) is 46.8 Å². The zero-order valence-electron chi connectivity index (χ0n) is 15.1. The maximum atomic E-state index is 12.4. The van der Waals surface area contributed by atoms with E-state index in [2.05, 4.69) is 39.8 Å². The number of nitrogens with one attached hydrogen (secondary N) is 2. The number of anilines is 2. The van der Waals surface area contributed by atoms with Gasteiger partial charge in [-0.2, -0.15) is 11.8 Å². The minimum atomic E-state index is -0.107. The molecule has 1 aromatic carbocycles. The molecule has 7 heteroatoms. The second-order valence-corrected chi connectivity index (χ2v) is 9.18. The van der Waals surface area contributed by atoms with Gasteiger partial charge >= 0.3 is 0 Å². The van der Waals surface area contributed by atoms with Crippen molar-refractivity contribution >= 4 is 45.6 Å². The first-order chi connectivity index (χ1) is 13.2. The Labute approximate surface area is 167 Å². The normalized spacial score (nSPS) is 16.8. The van der Waals surface area contributed by atoms with Crippen LogP contribution in [0.1, 0.15) is 28.1 Å². The van der Waals surface area contributed by atoms with Crippen molar-refractivity contribution in [3.63, 3.8) is 0 Å². The van der Waals surface area contributed by atoms with Crippen LogP contribution in [0.3, 0.4) is 0 Å². The van der Waals surface area contributed by atoms with Gasteiger partial charge in [0.1, 0.15) is 0 Å². The summed E-state index contributed by atoms with van der Waals surface area (Å²) in [5.74, 6) is 2.49. The standard InChI is InChI=1S/C20H23N3O2S2/c24-19(15-3-4-15)22-18-8-7-17(27-18)20(25)21-13-14-1-5-16(6-2-14)23-9-11-26-12-10-23/h1-2,5-8,15H,3-4,9-13H2,(H,21,25)(H,22,24).